The lowest BCUT2D eigenvalue weighted by molar-refractivity contribution is 0.102. The van der Waals surface area contributed by atoms with E-state index in [4.69, 9.17) is 16.7 Å². The van der Waals surface area contributed by atoms with E-state index in [1.807, 2.05) is 54.9 Å². The quantitative estimate of drug-likeness (QED) is 0.450. The molecule has 7 nitrogen and oxygen atoms in total. The Morgan fingerprint density at radius 3 is 2.81 bits per heavy atom. The molecule has 0 saturated heterocycles. The zero-order chi connectivity index (χ0) is 21.5. The highest BCUT2D eigenvalue weighted by Crippen LogP contribution is 2.28. The van der Waals surface area contributed by atoms with Crippen LogP contribution in [0.1, 0.15) is 27.6 Å². The van der Waals surface area contributed by atoms with Crippen molar-refractivity contribution in [2.45, 2.75) is 20.4 Å². The molecule has 4 heterocycles. The van der Waals surface area contributed by atoms with Gasteiger partial charge in [0.05, 0.1) is 35.3 Å². The Bertz CT molecular complexity index is 1450. The first-order chi connectivity index (χ1) is 15.0. The predicted molar refractivity (Wildman–Crippen MR) is 121 cm³/mol. The maximum Gasteiger partial charge on any atom is 0.274 e. The molecule has 8 heteroatoms. The van der Waals surface area contributed by atoms with Gasteiger partial charge in [-0.15, -0.1) is 0 Å². The number of amides is 1. The number of halogens is 1. The molecule has 0 saturated carbocycles. The fourth-order valence-electron chi connectivity index (χ4n) is 3.80. The summed E-state index contributed by atoms with van der Waals surface area (Å²) in [7, 11) is 0. The zero-order valence-corrected chi connectivity index (χ0v) is 17.8. The Morgan fingerprint density at radius 2 is 1.97 bits per heavy atom. The third-order valence-corrected chi connectivity index (χ3v) is 5.40. The summed E-state index contributed by atoms with van der Waals surface area (Å²) in [4.78, 5) is 21.9. The van der Waals surface area contributed by atoms with E-state index in [-0.39, 0.29) is 5.91 Å². The Morgan fingerprint density at radius 1 is 1.13 bits per heavy atom. The molecule has 154 valence electrons. The van der Waals surface area contributed by atoms with Gasteiger partial charge in [0, 0.05) is 28.4 Å². The maximum absolute atomic E-state index is 13.0. The third-order valence-electron chi connectivity index (χ3n) is 5.17. The van der Waals surface area contributed by atoms with Crippen molar-refractivity contribution in [3.05, 3.63) is 88.7 Å². The summed E-state index contributed by atoms with van der Waals surface area (Å²) >= 11 is 6.02. The second-order valence-corrected chi connectivity index (χ2v) is 7.82. The third kappa shape index (κ3) is 3.53. The number of nitrogens with one attached hydrogen (secondary N) is 1. The number of fused-ring (bicyclic) bond motifs is 2. The average Bonchev–Trinajstić information content (AvgIpc) is 3.29. The molecule has 0 atom stereocenters. The van der Waals surface area contributed by atoms with Gasteiger partial charge in [-0.05, 0) is 44.2 Å². The van der Waals surface area contributed by atoms with E-state index in [2.05, 4.69) is 15.3 Å². The monoisotopic (exact) mass is 430 g/mol. The van der Waals surface area contributed by atoms with E-state index in [0.29, 0.717) is 28.6 Å². The molecule has 5 aromatic rings. The molecule has 0 aliphatic heterocycles. The minimum absolute atomic E-state index is 0.255. The highest BCUT2D eigenvalue weighted by atomic mass is 35.5. The molecule has 0 bridgehead atoms. The van der Waals surface area contributed by atoms with Gasteiger partial charge in [0.15, 0.2) is 0 Å². The number of hydrogen-bond acceptors (Lipinski definition) is 4. The van der Waals surface area contributed by atoms with Gasteiger partial charge in [-0.1, -0.05) is 23.7 Å². The molecular formula is C23H19ClN6O. The van der Waals surface area contributed by atoms with E-state index in [1.54, 1.807) is 28.9 Å². The molecule has 0 fully saturated rings. The van der Waals surface area contributed by atoms with Crippen LogP contribution in [0, 0.1) is 13.8 Å². The number of carbonyl (C=O) groups excluding carboxylic acids is 1. The van der Waals surface area contributed by atoms with E-state index >= 15 is 0 Å². The number of aromatic nitrogens is 5. The van der Waals surface area contributed by atoms with E-state index in [1.165, 1.54) is 0 Å². The van der Waals surface area contributed by atoms with Crippen LogP contribution in [0.2, 0.25) is 5.02 Å². The van der Waals surface area contributed by atoms with Crippen LogP contribution in [0.3, 0.4) is 0 Å². The van der Waals surface area contributed by atoms with Crippen molar-refractivity contribution in [3.8, 4) is 0 Å². The number of hydrogen-bond donors (Lipinski definition) is 1. The van der Waals surface area contributed by atoms with Crippen molar-refractivity contribution >= 4 is 39.7 Å². The Balaban J connectivity index is 1.50. The van der Waals surface area contributed by atoms with Gasteiger partial charge in [0.1, 0.15) is 11.3 Å². The fraction of sp³-hybridized carbons (Fsp3) is 0.130. The summed E-state index contributed by atoms with van der Waals surface area (Å²) in [5.41, 5.74) is 5.42. The van der Waals surface area contributed by atoms with Crippen molar-refractivity contribution in [2.75, 3.05) is 5.32 Å². The summed E-state index contributed by atoms with van der Waals surface area (Å²) < 4.78 is 3.62. The summed E-state index contributed by atoms with van der Waals surface area (Å²) in [5, 5.41) is 9.19. The standard InChI is InChI=1S/C23H19ClN6O/c1-14-5-3-6-17(26-14)13-30-19-8-4-7-18(22(19)15(2)28-30)27-23(31)20-12-25-21-11-16(24)9-10-29(20)21/h3-12H,13H2,1-2H3,(H,27,31). The summed E-state index contributed by atoms with van der Waals surface area (Å²) in [6.07, 6.45) is 3.28. The van der Waals surface area contributed by atoms with E-state index in [0.717, 1.165) is 28.0 Å². The molecule has 4 aromatic heterocycles. The molecule has 0 spiro atoms. The highest BCUT2D eigenvalue weighted by Gasteiger charge is 2.17. The molecule has 1 N–H and O–H groups in total. The maximum atomic E-state index is 13.0. The first-order valence-corrected chi connectivity index (χ1v) is 10.2. The highest BCUT2D eigenvalue weighted by molar-refractivity contribution is 6.30. The van der Waals surface area contributed by atoms with Crippen molar-refractivity contribution in [1.29, 1.82) is 0 Å². The van der Waals surface area contributed by atoms with Crippen LogP contribution in [-0.2, 0) is 6.54 Å². The SMILES string of the molecule is Cc1cccc(Cn2nc(C)c3c(NC(=O)c4cnc5cc(Cl)ccn45)cccc32)n1. The van der Waals surface area contributed by atoms with Crippen LogP contribution in [0.15, 0.2) is 60.9 Å². The summed E-state index contributed by atoms with van der Waals surface area (Å²) in [5.74, 6) is -0.255. The van der Waals surface area contributed by atoms with Crippen LogP contribution >= 0.6 is 11.6 Å². The topological polar surface area (TPSA) is 77.1 Å². The second-order valence-electron chi connectivity index (χ2n) is 7.38. The molecule has 0 aliphatic rings. The zero-order valence-electron chi connectivity index (χ0n) is 17.0. The lowest BCUT2D eigenvalue weighted by Crippen LogP contribution is -2.14. The minimum Gasteiger partial charge on any atom is -0.320 e. The van der Waals surface area contributed by atoms with Crippen molar-refractivity contribution in [1.82, 2.24) is 24.1 Å². The number of nitrogens with zero attached hydrogens (tertiary/aromatic N) is 5. The summed E-state index contributed by atoms with van der Waals surface area (Å²) in [6, 6.07) is 15.2. The molecule has 0 aliphatic carbocycles. The van der Waals surface area contributed by atoms with E-state index < -0.39 is 0 Å². The molecule has 1 aromatic carbocycles. The Hall–Kier alpha value is -3.71. The Labute approximate surface area is 183 Å². The molecule has 31 heavy (non-hydrogen) atoms. The molecular weight excluding hydrogens is 412 g/mol. The van der Waals surface area contributed by atoms with Crippen molar-refractivity contribution in [2.24, 2.45) is 0 Å². The number of imidazole rings is 1. The smallest absolute Gasteiger partial charge is 0.274 e. The van der Waals surface area contributed by atoms with Gasteiger partial charge in [0.2, 0.25) is 0 Å². The number of benzene rings is 1. The summed E-state index contributed by atoms with van der Waals surface area (Å²) in [6.45, 7) is 4.46. The van der Waals surface area contributed by atoms with Gasteiger partial charge in [-0.3, -0.25) is 18.9 Å². The number of carbonyl (C=O) groups is 1. The van der Waals surface area contributed by atoms with E-state index in [9.17, 15) is 4.79 Å². The first-order valence-electron chi connectivity index (χ1n) is 9.82. The molecule has 0 unspecified atom stereocenters. The number of anilines is 1. The van der Waals surface area contributed by atoms with Gasteiger partial charge in [-0.2, -0.15) is 5.10 Å². The minimum atomic E-state index is -0.255. The predicted octanol–water partition coefficient (Wildman–Crippen LogP) is 4.65. The number of pyridine rings is 2. The average molecular weight is 431 g/mol. The van der Waals surface area contributed by atoms with Crippen LogP contribution in [0.5, 0.6) is 0 Å². The lowest BCUT2D eigenvalue weighted by Gasteiger charge is -2.08. The first kappa shape index (κ1) is 19.3. The van der Waals surface area contributed by atoms with Gasteiger partial charge in [0.25, 0.3) is 5.91 Å². The van der Waals surface area contributed by atoms with Gasteiger partial charge < -0.3 is 5.32 Å². The van der Waals surface area contributed by atoms with Crippen LogP contribution < -0.4 is 5.32 Å². The lowest BCUT2D eigenvalue weighted by atomic mass is 10.1. The van der Waals surface area contributed by atoms with Crippen molar-refractivity contribution in [3.63, 3.8) is 0 Å². The van der Waals surface area contributed by atoms with Gasteiger partial charge in [-0.25, -0.2) is 4.98 Å². The normalized spacial score (nSPS) is 11.3. The fourth-order valence-corrected chi connectivity index (χ4v) is 3.95. The Kier molecular flexibility index (Phi) is 4.67. The van der Waals surface area contributed by atoms with Crippen LogP contribution in [-0.4, -0.2) is 30.1 Å². The van der Waals surface area contributed by atoms with Crippen molar-refractivity contribution < 1.29 is 4.79 Å². The largest absolute Gasteiger partial charge is 0.320 e. The van der Waals surface area contributed by atoms with Crippen LogP contribution in [0.25, 0.3) is 16.6 Å². The molecule has 1 amide bonds. The van der Waals surface area contributed by atoms with Crippen LogP contribution in [0.4, 0.5) is 5.69 Å². The number of aryl methyl sites for hydroxylation is 2. The second kappa shape index (κ2) is 7.52. The van der Waals surface area contributed by atoms with Gasteiger partial charge >= 0.3 is 0 Å². The number of rotatable bonds is 4. The molecule has 5 rings (SSSR count). The molecule has 0 radical (unpaired) electrons.